The van der Waals surface area contributed by atoms with Crippen molar-refractivity contribution in [3.63, 3.8) is 0 Å². The third kappa shape index (κ3) is 10.7. The first kappa shape index (κ1) is 35.8. The lowest BCUT2D eigenvalue weighted by atomic mass is 10.1. The minimum absolute atomic E-state index is 0.0161. The maximum atomic E-state index is 13.4. The van der Waals surface area contributed by atoms with Crippen LogP contribution in [0.1, 0.15) is 41.6 Å². The molecule has 4 amide bonds. The van der Waals surface area contributed by atoms with Crippen LogP contribution in [0.2, 0.25) is 0 Å². The lowest BCUT2D eigenvalue weighted by molar-refractivity contribution is -0.141. The Morgan fingerprint density at radius 3 is 2.53 bits per heavy atom. The van der Waals surface area contributed by atoms with E-state index in [2.05, 4.69) is 31.2 Å². The molecule has 12 N–H and O–H groups in total. The van der Waals surface area contributed by atoms with Crippen LogP contribution in [-0.4, -0.2) is 88.0 Å². The van der Waals surface area contributed by atoms with E-state index in [1.807, 2.05) is 0 Å². The molecule has 2 aromatic rings. The monoisotopic (exact) mass is 658 g/mol. The molecule has 0 saturated heterocycles. The molecule has 47 heavy (non-hydrogen) atoms. The molecule has 3 unspecified atom stereocenters. The number of aromatic nitrogens is 2. The van der Waals surface area contributed by atoms with Gasteiger partial charge in [-0.05, 0) is 50.9 Å². The van der Waals surface area contributed by atoms with Crippen molar-refractivity contribution in [3.8, 4) is 5.75 Å². The highest BCUT2D eigenvalue weighted by molar-refractivity contribution is 6.02. The summed E-state index contributed by atoms with van der Waals surface area (Å²) in [5.41, 5.74) is 15.1. The fourth-order valence-electron chi connectivity index (χ4n) is 4.52. The van der Waals surface area contributed by atoms with E-state index in [9.17, 15) is 38.7 Å². The Kier molecular flexibility index (Phi) is 12.6. The van der Waals surface area contributed by atoms with Gasteiger partial charge in [0.05, 0.1) is 18.0 Å². The van der Waals surface area contributed by atoms with Crippen LogP contribution in [0, 0.1) is 6.92 Å². The molecule has 2 heterocycles. The molecule has 3 atom stereocenters. The quantitative estimate of drug-likeness (QED) is 0.0902. The van der Waals surface area contributed by atoms with E-state index < -0.39 is 71.9 Å². The Morgan fingerprint density at radius 1 is 1.11 bits per heavy atom. The number of carboxylic acids is 1. The number of guanidine groups is 1. The highest BCUT2D eigenvalue weighted by Crippen LogP contribution is 2.24. The molecule has 0 saturated carbocycles. The second-order valence-corrected chi connectivity index (χ2v) is 10.7. The molecular formula is C28H38N10O9. The van der Waals surface area contributed by atoms with E-state index in [0.717, 1.165) is 4.57 Å². The molecule has 0 bridgehead atoms. The van der Waals surface area contributed by atoms with Crippen molar-refractivity contribution in [1.29, 1.82) is 0 Å². The third-order valence-corrected chi connectivity index (χ3v) is 6.91. The minimum Gasteiger partial charge on any atom is -0.491 e. The van der Waals surface area contributed by atoms with Gasteiger partial charge in [-0.2, -0.15) is 0 Å². The van der Waals surface area contributed by atoms with E-state index in [1.165, 1.54) is 31.3 Å². The molecule has 3 rings (SSSR count). The Bertz CT molecular complexity index is 1650. The Balaban J connectivity index is 1.93. The highest BCUT2D eigenvalue weighted by atomic mass is 16.5. The summed E-state index contributed by atoms with van der Waals surface area (Å²) in [4.78, 5) is 94.0. The number of H-pyrrole nitrogens is 1. The SMILES string of the molecule is Cc1cn(CC(=O)Nc2ccc3c(c2)C(=O)NC(C(=O)O)CC(=O)NC(CCN=C(N)N)C(=O)NC(CCCN)CO3)c(=O)[nH]c1=O. The molecule has 1 aliphatic heterocycles. The zero-order valence-electron chi connectivity index (χ0n) is 25.5. The molecule has 0 fully saturated rings. The number of carbonyl (C=O) groups excluding carboxylic acids is 4. The molecule has 19 heteroatoms. The summed E-state index contributed by atoms with van der Waals surface area (Å²) in [6.07, 6.45) is 1.34. The lowest BCUT2D eigenvalue weighted by Gasteiger charge is -2.25. The Hall–Kier alpha value is -5.72. The number of rotatable bonds is 10. The lowest BCUT2D eigenvalue weighted by Crippen LogP contribution is -2.53. The van der Waals surface area contributed by atoms with Crippen LogP contribution in [0.4, 0.5) is 5.69 Å². The molecule has 1 aromatic heterocycles. The number of benzene rings is 1. The smallest absolute Gasteiger partial charge is 0.328 e. The Labute approximate surface area is 267 Å². The van der Waals surface area contributed by atoms with E-state index in [0.29, 0.717) is 19.4 Å². The summed E-state index contributed by atoms with van der Waals surface area (Å²) in [5, 5.41) is 19.9. The highest BCUT2D eigenvalue weighted by Gasteiger charge is 2.30. The normalized spacial score (nSPS) is 18.7. The summed E-state index contributed by atoms with van der Waals surface area (Å²) in [6, 6.07) is 0.497. The predicted octanol–water partition coefficient (Wildman–Crippen LogP) is -3.18. The van der Waals surface area contributed by atoms with Gasteiger partial charge in [0.1, 0.15) is 31.0 Å². The van der Waals surface area contributed by atoms with Crippen LogP contribution < -0.4 is 54.5 Å². The summed E-state index contributed by atoms with van der Waals surface area (Å²) >= 11 is 0. The van der Waals surface area contributed by atoms with Crippen molar-refractivity contribution in [2.75, 3.05) is 25.0 Å². The van der Waals surface area contributed by atoms with Gasteiger partial charge in [0.2, 0.25) is 17.7 Å². The van der Waals surface area contributed by atoms with Crippen LogP contribution in [0.15, 0.2) is 39.0 Å². The number of anilines is 1. The van der Waals surface area contributed by atoms with Gasteiger partial charge in [0, 0.05) is 24.0 Å². The molecule has 1 aliphatic rings. The van der Waals surface area contributed by atoms with Crippen LogP contribution in [0.5, 0.6) is 5.75 Å². The van der Waals surface area contributed by atoms with Crippen molar-refractivity contribution in [2.45, 2.75) is 57.3 Å². The van der Waals surface area contributed by atoms with Crippen molar-refractivity contribution in [3.05, 3.63) is 56.4 Å². The molecule has 1 aromatic carbocycles. The number of amides is 4. The van der Waals surface area contributed by atoms with E-state index in [1.54, 1.807) is 0 Å². The Morgan fingerprint density at radius 2 is 1.85 bits per heavy atom. The number of ether oxygens (including phenoxy) is 1. The van der Waals surface area contributed by atoms with Crippen LogP contribution in [0.3, 0.4) is 0 Å². The van der Waals surface area contributed by atoms with Gasteiger partial charge in [0.15, 0.2) is 5.96 Å². The van der Waals surface area contributed by atoms with Crippen molar-refractivity contribution in [1.82, 2.24) is 25.5 Å². The van der Waals surface area contributed by atoms with Crippen LogP contribution in [-0.2, 0) is 25.7 Å². The van der Waals surface area contributed by atoms with Gasteiger partial charge in [-0.15, -0.1) is 0 Å². The van der Waals surface area contributed by atoms with Crippen LogP contribution in [0.25, 0.3) is 0 Å². The van der Waals surface area contributed by atoms with Crippen molar-refractivity contribution in [2.24, 2.45) is 22.2 Å². The first-order valence-corrected chi connectivity index (χ1v) is 14.5. The van der Waals surface area contributed by atoms with E-state index in [-0.39, 0.29) is 48.1 Å². The second-order valence-electron chi connectivity index (χ2n) is 10.7. The molecule has 0 aliphatic carbocycles. The number of aliphatic carboxylic acids is 1. The zero-order valence-corrected chi connectivity index (χ0v) is 25.5. The first-order valence-electron chi connectivity index (χ1n) is 14.5. The number of hydrogen-bond donors (Lipinski definition) is 9. The largest absolute Gasteiger partial charge is 0.491 e. The summed E-state index contributed by atoms with van der Waals surface area (Å²) in [7, 11) is 0. The summed E-state index contributed by atoms with van der Waals surface area (Å²) in [5.74, 6) is -4.83. The van der Waals surface area contributed by atoms with Gasteiger partial charge < -0.3 is 48.3 Å². The van der Waals surface area contributed by atoms with Gasteiger partial charge >= 0.3 is 11.7 Å². The average molecular weight is 659 g/mol. The van der Waals surface area contributed by atoms with Gasteiger partial charge in [0.25, 0.3) is 11.5 Å². The number of nitrogens with zero attached hydrogens (tertiary/aromatic N) is 2. The fourth-order valence-corrected chi connectivity index (χ4v) is 4.52. The maximum Gasteiger partial charge on any atom is 0.328 e. The minimum atomic E-state index is -1.72. The van der Waals surface area contributed by atoms with E-state index >= 15 is 0 Å². The van der Waals surface area contributed by atoms with Gasteiger partial charge in [-0.25, -0.2) is 9.59 Å². The van der Waals surface area contributed by atoms with Gasteiger partial charge in [-0.3, -0.25) is 38.5 Å². The number of nitrogens with two attached hydrogens (primary N) is 3. The van der Waals surface area contributed by atoms with Crippen molar-refractivity contribution >= 4 is 41.2 Å². The number of fused-ring (bicyclic) bond motifs is 1. The average Bonchev–Trinajstić information content (AvgIpc) is 2.99. The molecular weight excluding hydrogens is 620 g/mol. The molecule has 19 nitrogen and oxygen atoms in total. The zero-order chi connectivity index (χ0) is 34.7. The number of aromatic amines is 1. The topological polar surface area (TPSA) is 308 Å². The molecule has 0 radical (unpaired) electrons. The summed E-state index contributed by atoms with van der Waals surface area (Å²) in [6.45, 7) is 1.13. The number of carboxylic acid groups (broad SMARTS) is 1. The number of hydrogen-bond acceptors (Lipinski definition) is 10. The molecule has 254 valence electrons. The van der Waals surface area contributed by atoms with E-state index in [4.69, 9.17) is 21.9 Å². The number of aliphatic imine (C=N–C) groups is 1. The fraction of sp³-hybridized carbons (Fsp3) is 0.429. The second kappa shape index (κ2) is 16.5. The number of nitrogens with one attached hydrogen (secondary N) is 5. The summed E-state index contributed by atoms with van der Waals surface area (Å²) < 4.78 is 6.91. The predicted molar refractivity (Wildman–Crippen MR) is 168 cm³/mol. The van der Waals surface area contributed by atoms with Crippen LogP contribution >= 0.6 is 0 Å². The third-order valence-electron chi connectivity index (χ3n) is 6.91. The standard InChI is InChI=1S/C28H38N10O9/c1-14-11-38(28(46)37-23(14)41)12-22(40)33-15-4-5-20-17(9-15)24(42)36-19(26(44)45)10-21(39)35-18(6-8-32-27(30)31)25(43)34-16(13-47-20)3-2-7-29/h4-5,9,11,16,18-19H,2-3,6-8,10,12-13,29H2,1H3,(H,33,40)(H,34,43)(H,35,39)(H,36,42)(H,44,45)(H4,30,31,32)(H,37,41,46). The number of carbonyl (C=O) groups is 5. The van der Waals surface area contributed by atoms with Crippen molar-refractivity contribution < 1.29 is 33.8 Å². The van der Waals surface area contributed by atoms with Gasteiger partial charge in [-0.1, -0.05) is 0 Å². The first-order chi connectivity index (χ1) is 22.3. The molecule has 0 spiro atoms. The number of aryl methyl sites for hydroxylation is 1. The maximum absolute atomic E-state index is 13.4.